The number of carbonyl (C=O) groups excluding carboxylic acids is 2. The predicted molar refractivity (Wildman–Crippen MR) is 69.8 cm³/mol. The van der Waals surface area contributed by atoms with E-state index in [2.05, 4.69) is 5.32 Å². The third-order valence-corrected chi connectivity index (χ3v) is 2.77. The van der Waals surface area contributed by atoms with Gasteiger partial charge in [-0.25, -0.2) is 4.39 Å². The number of amides is 1. The molecule has 1 amide bonds. The summed E-state index contributed by atoms with van der Waals surface area (Å²) in [6.45, 7) is 5.38. The van der Waals surface area contributed by atoms with Crippen LogP contribution in [0.4, 0.5) is 4.39 Å². The fourth-order valence-electron chi connectivity index (χ4n) is 1.39. The quantitative estimate of drug-likeness (QED) is 0.805. The van der Waals surface area contributed by atoms with Gasteiger partial charge in [0.25, 0.3) is 5.91 Å². The van der Waals surface area contributed by atoms with Crippen LogP contribution in [0.3, 0.4) is 0 Å². The van der Waals surface area contributed by atoms with Crippen LogP contribution < -0.4 is 10.1 Å². The molecule has 1 aromatic rings. The number of aldehydes is 1. The molecule has 1 aromatic carbocycles. The topological polar surface area (TPSA) is 55.4 Å². The van der Waals surface area contributed by atoms with E-state index >= 15 is 0 Å². The Bertz CT molecular complexity index is 462. The molecule has 4 nitrogen and oxygen atoms in total. The van der Waals surface area contributed by atoms with E-state index < -0.39 is 11.9 Å². The van der Waals surface area contributed by atoms with Crippen molar-refractivity contribution in [3.8, 4) is 5.75 Å². The van der Waals surface area contributed by atoms with E-state index in [1.807, 2.05) is 13.8 Å². The minimum Gasteiger partial charge on any atom is -0.478 e. The number of carbonyl (C=O) groups is 2. The van der Waals surface area contributed by atoms with Crippen molar-refractivity contribution in [3.05, 3.63) is 29.6 Å². The van der Waals surface area contributed by atoms with E-state index in [1.165, 1.54) is 12.1 Å². The Morgan fingerprint density at radius 3 is 2.68 bits per heavy atom. The van der Waals surface area contributed by atoms with Gasteiger partial charge in [0, 0.05) is 11.6 Å². The molecule has 0 saturated heterocycles. The average Bonchev–Trinajstić information content (AvgIpc) is 2.40. The van der Waals surface area contributed by atoms with Gasteiger partial charge in [-0.05, 0) is 38.5 Å². The lowest BCUT2D eigenvalue weighted by Gasteiger charge is -2.18. The molecule has 0 aromatic heterocycles. The molecular formula is C14H18FNO3. The summed E-state index contributed by atoms with van der Waals surface area (Å²) < 4.78 is 18.8. The molecule has 1 N–H and O–H groups in total. The average molecular weight is 267 g/mol. The molecule has 0 saturated carbocycles. The lowest BCUT2D eigenvalue weighted by atomic mass is 10.2. The van der Waals surface area contributed by atoms with Crippen molar-refractivity contribution in [2.75, 3.05) is 0 Å². The van der Waals surface area contributed by atoms with E-state index in [9.17, 15) is 14.0 Å². The molecule has 0 bridgehead atoms. The maximum atomic E-state index is 13.6. The Balaban J connectivity index is 2.68. The van der Waals surface area contributed by atoms with E-state index in [1.54, 1.807) is 6.92 Å². The van der Waals surface area contributed by atoms with Crippen molar-refractivity contribution in [1.82, 2.24) is 5.32 Å². The molecule has 0 heterocycles. The Kier molecular flexibility index (Phi) is 5.48. The maximum absolute atomic E-state index is 13.6. The first-order valence-corrected chi connectivity index (χ1v) is 6.19. The first kappa shape index (κ1) is 15.1. The van der Waals surface area contributed by atoms with E-state index in [0.717, 1.165) is 12.5 Å². The first-order valence-electron chi connectivity index (χ1n) is 6.19. The van der Waals surface area contributed by atoms with Crippen molar-refractivity contribution in [3.63, 3.8) is 0 Å². The Labute approximate surface area is 112 Å². The Hall–Kier alpha value is -1.91. The van der Waals surface area contributed by atoms with Crippen LogP contribution in [0.2, 0.25) is 0 Å². The van der Waals surface area contributed by atoms with Gasteiger partial charge >= 0.3 is 0 Å². The van der Waals surface area contributed by atoms with Crippen molar-refractivity contribution in [2.45, 2.75) is 39.3 Å². The van der Waals surface area contributed by atoms with Crippen LogP contribution in [0.25, 0.3) is 0 Å². The molecule has 2 unspecified atom stereocenters. The third-order valence-electron chi connectivity index (χ3n) is 2.77. The fourth-order valence-corrected chi connectivity index (χ4v) is 1.39. The van der Waals surface area contributed by atoms with Crippen LogP contribution in [0.15, 0.2) is 18.2 Å². The SMILES string of the molecule is CCC(C)NC(=O)C(C)Oc1ccc(C=O)cc1F. The molecule has 0 aliphatic rings. The number of hydrogen-bond donors (Lipinski definition) is 1. The second kappa shape index (κ2) is 6.87. The molecular weight excluding hydrogens is 249 g/mol. The highest BCUT2D eigenvalue weighted by Crippen LogP contribution is 2.19. The summed E-state index contributed by atoms with van der Waals surface area (Å²) in [6.07, 6.45) is 0.554. The second-order valence-electron chi connectivity index (χ2n) is 4.39. The van der Waals surface area contributed by atoms with E-state index in [0.29, 0.717) is 6.29 Å². The van der Waals surface area contributed by atoms with Gasteiger partial charge < -0.3 is 10.1 Å². The number of halogens is 1. The second-order valence-corrected chi connectivity index (χ2v) is 4.39. The standard InChI is InChI=1S/C14H18FNO3/c1-4-9(2)16-14(18)10(3)19-13-6-5-11(8-17)7-12(13)15/h5-10H,4H2,1-3H3,(H,16,18). The van der Waals surface area contributed by atoms with E-state index in [-0.39, 0.29) is 23.3 Å². The Morgan fingerprint density at radius 2 is 2.16 bits per heavy atom. The number of ether oxygens (including phenoxy) is 1. The van der Waals surface area contributed by atoms with Crippen LogP contribution in [0, 0.1) is 5.82 Å². The summed E-state index contributed by atoms with van der Waals surface area (Å²) in [7, 11) is 0. The highest BCUT2D eigenvalue weighted by molar-refractivity contribution is 5.81. The summed E-state index contributed by atoms with van der Waals surface area (Å²) in [5, 5.41) is 2.75. The monoisotopic (exact) mass is 267 g/mol. The van der Waals surface area contributed by atoms with Crippen LogP contribution in [0.5, 0.6) is 5.75 Å². The molecule has 104 valence electrons. The van der Waals surface area contributed by atoms with Crippen LogP contribution in [-0.2, 0) is 4.79 Å². The van der Waals surface area contributed by atoms with Gasteiger partial charge in [0.2, 0.25) is 0 Å². The number of benzene rings is 1. The first-order chi connectivity index (χ1) is 8.97. The zero-order chi connectivity index (χ0) is 14.4. The molecule has 0 fully saturated rings. The van der Waals surface area contributed by atoms with Gasteiger partial charge in [-0.1, -0.05) is 6.92 Å². The van der Waals surface area contributed by atoms with Gasteiger partial charge in [0.15, 0.2) is 17.7 Å². The van der Waals surface area contributed by atoms with Crippen molar-refractivity contribution >= 4 is 12.2 Å². The largest absolute Gasteiger partial charge is 0.478 e. The van der Waals surface area contributed by atoms with Crippen LogP contribution in [-0.4, -0.2) is 24.3 Å². The van der Waals surface area contributed by atoms with Crippen LogP contribution >= 0.6 is 0 Å². The van der Waals surface area contributed by atoms with Crippen LogP contribution in [0.1, 0.15) is 37.6 Å². The zero-order valence-corrected chi connectivity index (χ0v) is 11.3. The van der Waals surface area contributed by atoms with Crippen molar-refractivity contribution in [1.29, 1.82) is 0 Å². The number of rotatable bonds is 6. The summed E-state index contributed by atoms with van der Waals surface area (Å²) >= 11 is 0. The predicted octanol–water partition coefficient (Wildman–Crippen LogP) is 2.32. The van der Waals surface area contributed by atoms with Crippen molar-refractivity contribution < 1.29 is 18.7 Å². The molecule has 0 radical (unpaired) electrons. The highest BCUT2D eigenvalue weighted by Gasteiger charge is 2.17. The summed E-state index contributed by atoms with van der Waals surface area (Å²) in [5.41, 5.74) is 0.224. The number of hydrogen-bond acceptors (Lipinski definition) is 3. The molecule has 0 aliphatic heterocycles. The Morgan fingerprint density at radius 1 is 1.47 bits per heavy atom. The zero-order valence-electron chi connectivity index (χ0n) is 11.3. The van der Waals surface area contributed by atoms with Gasteiger partial charge in [0.05, 0.1) is 0 Å². The molecule has 5 heteroatoms. The molecule has 1 rings (SSSR count). The molecule has 19 heavy (non-hydrogen) atoms. The summed E-state index contributed by atoms with van der Waals surface area (Å²) in [4.78, 5) is 22.2. The van der Waals surface area contributed by atoms with Crippen molar-refractivity contribution in [2.24, 2.45) is 0 Å². The highest BCUT2D eigenvalue weighted by atomic mass is 19.1. The van der Waals surface area contributed by atoms with Gasteiger partial charge in [-0.2, -0.15) is 0 Å². The smallest absolute Gasteiger partial charge is 0.260 e. The van der Waals surface area contributed by atoms with Gasteiger partial charge in [-0.3, -0.25) is 9.59 Å². The lowest BCUT2D eigenvalue weighted by molar-refractivity contribution is -0.127. The van der Waals surface area contributed by atoms with Gasteiger partial charge in [-0.15, -0.1) is 0 Å². The molecule has 0 spiro atoms. The lowest BCUT2D eigenvalue weighted by Crippen LogP contribution is -2.41. The maximum Gasteiger partial charge on any atom is 0.260 e. The van der Waals surface area contributed by atoms with E-state index in [4.69, 9.17) is 4.74 Å². The molecule has 0 aliphatic carbocycles. The minimum atomic E-state index is -0.800. The molecule has 2 atom stereocenters. The van der Waals surface area contributed by atoms with Gasteiger partial charge in [0.1, 0.15) is 6.29 Å². The third kappa shape index (κ3) is 4.35. The number of nitrogens with one attached hydrogen (secondary N) is 1. The normalized spacial score (nSPS) is 13.5. The summed E-state index contributed by atoms with van der Waals surface area (Å²) in [5.74, 6) is -1.00. The summed E-state index contributed by atoms with van der Waals surface area (Å²) in [6, 6.07) is 3.89. The minimum absolute atomic E-state index is 0.0424. The fraction of sp³-hybridized carbons (Fsp3) is 0.429.